The van der Waals surface area contributed by atoms with Crippen LogP contribution in [0.5, 0.6) is 0 Å². The minimum Gasteiger partial charge on any atom is -0.370 e. The molecule has 0 aromatic heterocycles. The van der Waals surface area contributed by atoms with Crippen molar-refractivity contribution < 1.29 is 0 Å². The predicted molar refractivity (Wildman–Crippen MR) is 90.5 cm³/mol. The van der Waals surface area contributed by atoms with Gasteiger partial charge in [0, 0.05) is 9.50 Å². The number of rotatable bonds is 2. The van der Waals surface area contributed by atoms with Gasteiger partial charge in [-0.1, -0.05) is 51.8 Å². The first-order valence-corrected chi connectivity index (χ1v) is 7.89. The molecule has 3 nitrogen and oxygen atoms in total. The van der Waals surface area contributed by atoms with E-state index >= 15 is 0 Å². The summed E-state index contributed by atoms with van der Waals surface area (Å²) in [6.07, 6.45) is 0.850. The fraction of sp³-hybridized carbons (Fsp3) is 0.188. The highest BCUT2D eigenvalue weighted by atomic mass is 79.9. The molecule has 1 heterocycles. The fourth-order valence-electron chi connectivity index (χ4n) is 2.56. The van der Waals surface area contributed by atoms with Gasteiger partial charge in [-0.05, 0) is 41.8 Å². The normalized spacial score (nSPS) is 21.5. The van der Waals surface area contributed by atoms with Crippen LogP contribution < -0.4 is 11.1 Å². The van der Waals surface area contributed by atoms with E-state index in [2.05, 4.69) is 38.4 Å². The van der Waals surface area contributed by atoms with Gasteiger partial charge >= 0.3 is 0 Å². The van der Waals surface area contributed by atoms with Crippen LogP contribution in [0.2, 0.25) is 5.02 Å². The van der Waals surface area contributed by atoms with Crippen molar-refractivity contribution in [2.24, 2.45) is 10.7 Å². The second-order valence-electron chi connectivity index (χ2n) is 5.07. The zero-order chi connectivity index (χ0) is 14.8. The molecule has 0 spiro atoms. The van der Waals surface area contributed by atoms with Crippen LogP contribution in [0.4, 0.5) is 0 Å². The summed E-state index contributed by atoms with van der Waals surface area (Å²) < 4.78 is 1.06. The van der Waals surface area contributed by atoms with Crippen molar-refractivity contribution in [1.29, 1.82) is 0 Å². The van der Waals surface area contributed by atoms with Crippen LogP contribution in [0.1, 0.15) is 29.6 Å². The van der Waals surface area contributed by atoms with Crippen LogP contribution in [0.3, 0.4) is 0 Å². The summed E-state index contributed by atoms with van der Waals surface area (Å²) in [7, 11) is 0. The molecule has 2 aromatic carbocycles. The topological polar surface area (TPSA) is 50.4 Å². The summed E-state index contributed by atoms with van der Waals surface area (Å²) >= 11 is 9.53. The summed E-state index contributed by atoms with van der Waals surface area (Å²) in [5.41, 5.74) is 8.24. The maximum Gasteiger partial charge on any atom is 0.189 e. The first-order chi connectivity index (χ1) is 10.1. The number of guanidine groups is 1. The van der Waals surface area contributed by atoms with Gasteiger partial charge in [-0.25, -0.2) is 4.99 Å². The van der Waals surface area contributed by atoms with Crippen LogP contribution in [-0.4, -0.2) is 5.96 Å². The number of hydrogen-bond acceptors (Lipinski definition) is 3. The smallest absolute Gasteiger partial charge is 0.189 e. The lowest BCUT2D eigenvalue weighted by Crippen LogP contribution is -2.39. The lowest BCUT2D eigenvalue weighted by molar-refractivity contribution is 0.487. The highest BCUT2D eigenvalue weighted by molar-refractivity contribution is 9.10. The standard InChI is InChI=1S/C16H15BrClN3/c17-12-6-4-10(5-7-12)14-9-15(21-16(19)20-14)11-2-1-3-13(18)8-11/h1-8,14-15H,9H2,(H3,19,20,21). The second-order valence-corrected chi connectivity index (χ2v) is 6.42. The minimum atomic E-state index is 0.0265. The molecule has 3 rings (SSSR count). The highest BCUT2D eigenvalue weighted by Crippen LogP contribution is 2.33. The van der Waals surface area contributed by atoms with Gasteiger partial charge in [0.25, 0.3) is 0 Å². The maximum absolute atomic E-state index is 6.07. The van der Waals surface area contributed by atoms with Gasteiger partial charge in [0.05, 0.1) is 12.1 Å². The molecule has 3 N–H and O–H groups in total. The van der Waals surface area contributed by atoms with Crippen molar-refractivity contribution >= 4 is 33.5 Å². The maximum atomic E-state index is 6.07. The number of hydrogen-bond donors (Lipinski definition) is 2. The van der Waals surface area contributed by atoms with Gasteiger partial charge in [0.15, 0.2) is 5.96 Å². The monoisotopic (exact) mass is 363 g/mol. The average molecular weight is 365 g/mol. The third-order valence-electron chi connectivity index (χ3n) is 3.58. The zero-order valence-electron chi connectivity index (χ0n) is 11.3. The van der Waals surface area contributed by atoms with Crippen molar-refractivity contribution in [2.75, 3.05) is 0 Å². The third kappa shape index (κ3) is 3.39. The van der Waals surface area contributed by atoms with E-state index in [0.717, 1.165) is 21.5 Å². The highest BCUT2D eigenvalue weighted by Gasteiger charge is 2.24. The molecule has 1 aliphatic rings. The summed E-state index contributed by atoms with van der Waals surface area (Å²) in [5.74, 6) is 0.471. The predicted octanol–water partition coefficient (Wildman–Crippen LogP) is 4.19. The molecule has 21 heavy (non-hydrogen) atoms. The summed E-state index contributed by atoms with van der Waals surface area (Å²) in [6, 6.07) is 16.2. The van der Waals surface area contributed by atoms with Gasteiger partial charge in [0.1, 0.15) is 0 Å². The van der Waals surface area contributed by atoms with Crippen molar-refractivity contribution in [2.45, 2.75) is 18.5 Å². The molecule has 0 saturated carbocycles. The molecular formula is C16H15BrClN3. The Balaban J connectivity index is 1.87. The van der Waals surface area contributed by atoms with Crippen molar-refractivity contribution in [3.63, 3.8) is 0 Å². The van der Waals surface area contributed by atoms with E-state index in [-0.39, 0.29) is 12.1 Å². The SMILES string of the molecule is NC1=NC(c2cccc(Cl)c2)CC(c2ccc(Br)cc2)N1. The summed E-state index contributed by atoms with van der Waals surface area (Å²) in [6.45, 7) is 0. The van der Waals surface area contributed by atoms with E-state index < -0.39 is 0 Å². The molecular weight excluding hydrogens is 350 g/mol. The Bertz CT molecular complexity index is 669. The Morgan fingerprint density at radius 2 is 1.90 bits per heavy atom. The molecule has 0 radical (unpaired) electrons. The fourth-order valence-corrected chi connectivity index (χ4v) is 3.02. The van der Waals surface area contributed by atoms with E-state index in [9.17, 15) is 0 Å². The average Bonchev–Trinajstić information content (AvgIpc) is 2.47. The molecule has 0 aliphatic carbocycles. The lowest BCUT2D eigenvalue weighted by atomic mass is 9.94. The van der Waals surface area contributed by atoms with Crippen LogP contribution in [0.15, 0.2) is 58.0 Å². The van der Waals surface area contributed by atoms with Gasteiger partial charge in [-0.15, -0.1) is 0 Å². The molecule has 5 heteroatoms. The third-order valence-corrected chi connectivity index (χ3v) is 4.35. The summed E-state index contributed by atoms with van der Waals surface area (Å²) in [5, 5.41) is 3.97. The van der Waals surface area contributed by atoms with E-state index in [4.69, 9.17) is 17.3 Å². The molecule has 0 bridgehead atoms. The Kier molecular flexibility index (Phi) is 4.17. The van der Waals surface area contributed by atoms with Gasteiger partial charge < -0.3 is 11.1 Å². The Hall–Kier alpha value is -1.52. The quantitative estimate of drug-likeness (QED) is 0.839. The first kappa shape index (κ1) is 14.4. The van der Waals surface area contributed by atoms with E-state index in [0.29, 0.717) is 5.96 Å². The number of aliphatic imine (C=N–C) groups is 1. The number of nitrogens with two attached hydrogens (primary N) is 1. The van der Waals surface area contributed by atoms with E-state index in [1.165, 1.54) is 5.56 Å². The summed E-state index contributed by atoms with van der Waals surface area (Å²) in [4.78, 5) is 4.50. The van der Waals surface area contributed by atoms with E-state index in [1.807, 2.05) is 36.4 Å². The van der Waals surface area contributed by atoms with Crippen LogP contribution in [0, 0.1) is 0 Å². The van der Waals surface area contributed by atoms with Crippen LogP contribution in [0.25, 0.3) is 0 Å². The Morgan fingerprint density at radius 1 is 1.14 bits per heavy atom. The number of benzene rings is 2. The van der Waals surface area contributed by atoms with Crippen LogP contribution in [-0.2, 0) is 0 Å². The Morgan fingerprint density at radius 3 is 2.62 bits per heavy atom. The first-order valence-electron chi connectivity index (χ1n) is 6.72. The van der Waals surface area contributed by atoms with Gasteiger partial charge in [-0.2, -0.15) is 0 Å². The molecule has 108 valence electrons. The van der Waals surface area contributed by atoms with Gasteiger partial charge in [-0.3, -0.25) is 0 Å². The van der Waals surface area contributed by atoms with Crippen molar-refractivity contribution in [1.82, 2.24) is 5.32 Å². The lowest BCUT2D eigenvalue weighted by Gasteiger charge is -2.29. The number of nitrogens with one attached hydrogen (secondary N) is 1. The van der Waals surface area contributed by atoms with Crippen LogP contribution >= 0.6 is 27.5 Å². The van der Waals surface area contributed by atoms with E-state index in [1.54, 1.807) is 0 Å². The molecule has 0 saturated heterocycles. The molecule has 0 amide bonds. The Labute approximate surface area is 137 Å². The molecule has 2 atom stereocenters. The number of nitrogens with zero attached hydrogens (tertiary/aromatic N) is 1. The van der Waals surface area contributed by atoms with Crippen molar-refractivity contribution in [3.05, 3.63) is 69.2 Å². The zero-order valence-corrected chi connectivity index (χ0v) is 13.6. The number of halogens is 2. The molecule has 2 aromatic rings. The van der Waals surface area contributed by atoms with Crippen molar-refractivity contribution in [3.8, 4) is 0 Å². The molecule has 1 aliphatic heterocycles. The molecule has 0 fully saturated rings. The second kappa shape index (κ2) is 6.08. The largest absolute Gasteiger partial charge is 0.370 e. The minimum absolute atomic E-state index is 0.0265. The van der Waals surface area contributed by atoms with Gasteiger partial charge in [0.2, 0.25) is 0 Å². The molecule has 2 unspecified atom stereocenters.